The van der Waals surface area contributed by atoms with Crippen molar-refractivity contribution in [1.82, 2.24) is 0 Å². The van der Waals surface area contributed by atoms with E-state index in [0.29, 0.717) is 0 Å². The summed E-state index contributed by atoms with van der Waals surface area (Å²) in [5.74, 6) is 0. The van der Waals surface area contributed by atoms with Gasteiger partial charge in [-0.2, -0.15) is 0 Å². The van der Waals surface area contributed by atoms with E-state index in [9.17, 15) is 0 Å². The summed E-state index contributed by atoms with van der Waals surface area (Å²) in [6.07, 6.45) is 6.95. The normalized spacial score (nSPS) is 17.1. The lowest BCUT2D eigenvalue weighted by Crippen LogP contribution is -2.38. The van der Waals surface area contributed by atoms with Crippen molar-refractivity contribution in [3.8, 4) is 22.3 Å². The third-order valence-electron chi connectivity index (χ3n) is 14.2. The molecule has 2 heterocycles. The first-order valence-electron chi connectivity index (χ1n) is 21.3. The summed E-state index contributed by atoms with van der Waals surface area (Å²) < 4.78 is 0. The maximum atomic E-state index is 2.54. The number of hydrogen-bond acceptors (Lipinski definition) is 2. The van der Waals surface area contributed by atoms with Crippen LogP contribution < -0.4 is 9.80 Å². The molecule has 0 spiro atoms. The molecule has 0 bridgehead atoms. The Hall–Kier alpha value is -6.38. The van der Waals surface area contributed by atoms with Crippen molar-refractivity contribution >= 4 is 39.7 Å². The predicted molar refractivity (Wildman–Crippen MR) is 249 cm³/mol. The van der Waals surface area contributed by atoms with Gasteiger partial charge in [0.2, 0.25) is 0 Å². The van der Waals surface area contributed by atoms with Gasteiger partial charge in [-0.1, -0.05) is 162 Å². The number of benzene rings is 7. The maximum absolute atomic E-state index is 2.54. The summed E-state index contributed by atoms with van der Waals surface area (Å²) in [5, 5.41) is 0. The minimum atomic E-state index is -0.177. The lowest BCUT2D eigenvalue weighted by atomic mass is 9.66. The van der Waals surface area contributed by atoms with Gasteiger partial charge in [-0.15, -0.1) is 0 Å². The molecule has 0 saturated heterocycles. The van der Waals surface area contributed by atoms with Gasteiger partial charge in [0.25, 0.3) is 0 Å². The van der Waals surface area contributed by atoms with Crippen LogP contribution in [0.15, 0.2) is 175 Å². The standard InChI is InChI=1S/C57H50N2/c1-55(2)46-18-11-10-17-44(46)45-33-32-43(36-50(45)55)58(41-28-23-38(24-29-41)37-15-8-7-9-16-37)42-30-25-39(26-31-42)40-27-34-53-51(35-40)57(5,6)49-21-14-20-48-54(49)59(53)52-22-13-12-19-47(52)56(48,3)4/h7-10,12-17,19-36H,11,18H2,1-6H3. The van der Waals surface area contributed by atoms with Gasteiger partial charge in [-0.3, -0.25) is 0 Å². The Morgan fingerprint density at radius 1 is 0.441 bits per heavy atom. The molecule has 0 N–H and O–H groups in total. The molecule has 2 nitrogen and oxygen atoms in total. The predicted octanol–water partition coefficient (Wildman–Crippen LogP) is 15.6. The van der Waals surface area contributed by atoms with E-state index in [0.717, 1.165) is 24.2 Å². The minimum Gasteiger partial charge on any atom is -0.310 e. The summed E-state index contributed by atoms with van der Waals surface area (Å²) >= 11 is 0. The van der Waals surface area contributed by atoms with Gasteiger partial charge in [-0.05, 0) is 129 Å². The molecule has 7 aromatic carbocycles. The lowest BCUT2D eigenvalue weighted by molar-refractivity contribution is 0.597. The quantitative estimate of drug-likeness (QED) is 0.172. The molecule has 2 aliphatic heterocycles. The third-order valence-corrected chi connectivity index (χ3v) is 14.2. The van der Waals surface area contributed by atoms with Crippen molar-refractivity contribution in [2.75, 3.05) is 9.80 Å². The Bertz CT molecular complexity index is 2890. The fourth-order valence-corrected chi connectivity index (χ4v) is 10.9. The molecule has 0 unspecified atom stereocenters. The second kappa shape index (κ2) is 12.8. The van der Waals surface area contributed by atoms with Crippen LogP contribution in [0.25, 0.3) is 27.8 Å². The van der Waals surface area contributed by atoms with E-state index >= 15 is 0 Å². The van der Waals surface area contributed by atoms with Crippen LogP contribution in [0.3, 0.4) is 0 Å². The van der Waals surface area contributed by atoms with Crippen molar-refractivity contribution in [2.24, 2.45) is 0 Å². The number of hydrogen-bond donors (Lipinski definition) is 0. The summed E-state index contributed by atoms with van der Waals surface area (Å²) in [6, 6.07) is 59.2. The summed E-state index contributed by atoms with van der Waals surface area (Å²) in [5.41, 5.74) is 23.3. The number of allylic oxidation sites excluding steroid dienone is 4. The van der Waals surface area contributed by atoms with Gasteiger partial charge >= 0.3 is 0 Å². The van der Waals surface area contributed by atoms with Crippen LogP contribution in [-0.4, -0.2) is 0 Å². The van der Waals surface area contributed by atoms with E-state index in [4.69, 9.17) is 0 Å². The first kappa shape index (κ1) is 35.8. The molecular weight excluding hydrogens is 713 g/mol. The van der Waals surface area contributed by atoms with E-state index in [1.165, 1.54) is 84.0 Å². The van der Waals surface area contributed by atoms with Gasteiger partial charge < -0.3 is 9.80 Å². The van der Waals surface area contributed by atoms with Crippen LogP contribution >= 0.6 is 0 Å². The zero-order valence-electron chi connectivity index (χ0n) is 35.0. The molecule has 288 valence electrons. The number of anilines is 6. The van der Waals surface area contributed by atoms with E-state index < -0.39 is 0 Å². The molecule has 7 aromatic rings. The minimum absolute atomic E-state index is 0.00702. The van der Waals surface area contributed by atoms with E-state index in [2.05, 4.69) is 221 Å². The summed E-state index contributed by atoms with van der Waals surface area (Å²) in [7, 11) is 0. The van der Waals surface area contributed by atoms with Crippen LogP contribution in [0, 0.1) is 0 Å². The molecule has 0 saturated carbocycles. The van der Waals surface area contributed by atoms with Gasteiger partial charge in [0, 0.05) is 33.3 Å². The van der Waals surface area contributed by atoms with Crippen LogP contribution in [0.5, 0.6) is 0 Å². The van der Waals surface area contributed by atoms with Crippen LogP contribution in [0.2, 0.25) is 0 Å². The Kier molecular flexibility index (Phi) is 7.76. The SMILES string of the molecule is CC1(C)C2=C(C=CCC2)c2ccc(N(c3ccc(-c4ccccc4)cc3)c3ccc(-c4ccc5c(c4)C(C)(C)c4cccc6c4N5c4ccccc4C6(C)C)cc3)cc21. The molecule has 2 heteroatoms. The number of para-hydroxylation sites is 2. The second-order valence-corrected chi connectivity index (χ2v) is 18.5. The first-order valence-corrected chi connectivity index (χ1v) is 21.3. The van der Waals surface area contributed by atoms with Crippen LogP contribution in [0.4, 0.5) is 34.1 Å². The van der Waals surface area contributed by atoms with E-state index in [-0.39, 0.29) is 16.2 Å². The summed E-state index contributed by atoms with van der Waals surface area (Å²) in [6.45, 7) is 14.4. The monoisotopic (exact) mass is 762 g/mol. The highest BCUT2D eigenvalue weighted by atomic mass is 15.2. The van der Waals surface area contributed by atoms with E-state index in [1.807, 2.05) is 0 Å². The van der Waals surface area contributed by atoms with Crippen molar-refractivity contribution < 1.29 is 0 Å². The molecule has 59 heavy (non-hydrogen) atoms. The Balaban J connectivity index is 0.999. The highest BCUT2D eigenvalue weighted by Gasteiger charge is 2.45. The molecule has 0 radical (unpaired) electrons. The number of fused-ring (bicyclic) bond motifs is 6. The van der Waals surface area contributed by atoms with Crippen molar-refractivity contribution in [2.45, 2.75) is 70.6 Å². The number of nitrogens with zero attached hydrogens (tertiary/aromatic N) is 2. The Morgan fingerprint density at radius 2 is 1.00 bits per heavy atom. The van der Waals surface area contributed by atoms with E-state index in [1.54, 1.807) is 5.57 Å². The highest BCUT2D eigenvalue weighted by Crippen LogP contribution is 2.60. The van der Waals surface area contributed by atoms with Crippen molar-refractivity contribution in [3.63, 3.8) is 0 Å². The smallest absolute Gasteiger partial charge is 0.0543 e. The largest absolute Gasteiger partial charge is 0.310 e. The molecular formula is C57H50N2. The van der Waals surface area contributed by atoms with Crippen molar-refractivity contribution in [3.05, 3.63) is 209 Å². The van der Waals surface area contributed by atoms with Gasteiger partial charge in [0.15, 0.2) is 0 Å². The Morgan fingerprint density at radius 3 is 1.71 bits per heavy atom. The van der Waals surface area contributed by atoms with Gasteiger partial charge in [0.05, 0.1) is 17.1 Å². The molecule has 0 aromatic heterocycles. The second-order valence-electron chi connectivity index (χ2n) is 18.5. The fraction of sp³-hybridized carbons (Fsp3) is 0.193. The third kappa shape index (κ3) is 5.25. The van der Waals surface area contributed by atoms with Crippen LogP contribution in [0.1, 0.15) is 87.8 Å². The molecule has 0 atom stereocenters. The number of rotatable bonds is 5. The topological polar surface area (TPSA) is 6.48 Å². The average molecular weight is 763 g/mol. The molecule has 0 fully saturated rings. The first-order chi connectivity index (χ1) is 28.5. The zero-order valence-corrected chi connectivity index (χ0v) is 35.0. The Labute approximate surface area is 349 Å². The van der Waals surface area contributed by atoms with Crippen LogP contribution in [-0.2, 0) is 16.2 Å². The maximum Gasteiger partial charge on any atom is 0.0543 e. The van der Waals surface area contributed by atoms with Crippen molar-refractivity contribution in [1.29, 1.82) is 0 Å². The molecule has 0 amide bonds. The summed E-state index contributed by atoms with van der Waals surface area (Å²) in [4.78, 5) is 4.97. The zero-order chi connectivity index (χ0) is 40.3. The molecule has 2 aliphatic carbocycles. The highest BCUT2D eigenvalue weighted by molar-refractivity contribution is 5.94. The molecule has 4 aliphatic rings. The average Bonchev–Trinajstić information content (AvgIpc) is 3.49. The fourth-order valence-electron chi connectivity index (χ4n) is 10.9. The lowest BCUT2D eigenvalue weighted by Gasteiger charge is -2.49. The van der Waals surface area contributed by atoms with Gasteiger partial charge in [-0.25, -0.2) is 0 Å². The molecule has 11 rings (SSSR count). The van der Waals surface area contributed by atoms with Gasteiger partial charge in [0.1, 0.15) is 0 Å².